The number of benzene rings is 8. The third kappa shape index (κ3) is 4.50. The summed E-state index contributed by atoms with van der Waals surface area (Å²) in [6.07, 6.45) is 0. The molecular formula is C47H28N4S. The van der Waals surface area contributed by atoms with E-state index in [0.29, 0.717) is 17.5 Å². The van der Waals surface area contributed by atoms with E-state index in [1.54, 1.807) is 0 Å². The van der Waals surface area contributed by atoms with Crippen LogP contribution in [-0.4, -0.2) is 19.5 Å². The van der Waals surface area contributed by atoms with Crippen molar-refractivity contribution < 1.29 is 0 Å². The van der Waals surface area contributed by atoms with Gasteiger partial charge in [0.1, 0.15) is 0 Å². The Labute approximate surface area is 302 Å². The van der Waals surface area contributed by atoms with Crippen molar-refractivity contribution in [3.05, 3.63) is 170 Å². The summed E-state index contributed by atoms with van der Waals surface area (Å²) < 4.78 is 4.87. The predicted octanol–water partition coefficient (Wildman–Crippen LogP) is 12.6. The van der Waals surface area contributed by atoms with Gasteiger partial charge in [0.2, 0.25) is 0 Å². The van der Waals surface area contributed by atoms with Gasteiger partial charge >= 0.3 is 0 Å². The summed E-state index contributed by atoms with van der Waals surface area (Å²) in [6, 6.07) is 60.3. The molecule has 0 bridgehead atoms. The SMILES string of the molecule is c1ccc(-c2nc(-c3ccccc3)nc(-c3cccc4sc5ccc(-n6c7cc8ccccc8cc7c7c8ccccc8ccc76)cc5c34)n2)cc1. The van der Waals surface area contributed by atoms with Crippen LogP contribution in [0.25, 0.3) is 103 Å². The number of aromatic nitrogens is 4. The maximum Gasteiger partial charge on any atom is 0.164 e. The molecule has 0 spiro atoms. The van der Waals surface area contributed by atoms with Crippen LogP contribution in [0.4, 0.5) is 0 Å². The molecule has 3 aromatic heterocycles. The predicted molar refractivity (Wildman–Crippen MR) is 218 cm³/mol. The topological polar surface area (TPSA) is 43.6 Å². The molecule has 11 rings (SSSR count). The molecular weight excluding hydrogens is 653 g/mol. The zero-order valence-electron chi connectivity index (χ0n) is 27.9. The summed E-state index contributed by atoms with van der Waals surface area (Å²) in [5.74, 6) is 1.98. The van der Waals surface area contributed by atoms with Crippen LogP contribution in [0, 0.1) is 0 Å². The molecule has 0 atom stereocenters. The Kier molecular flexibility index (Phi) is 6.39. The van der Waals surface area contributed by atoms with Crippen molar-refractivity contribution in [3.63, 3.8) is 0 Å². The molecule has 0 fully saturated rings. The van der Waals surface area contributed by atoms with E-state index in [0.717, 1.165) is 27.8 Å². The zero-order valence-corrected chi connectivity index (χ0v) is 28.7. The van der Waals surface area contributed by atoms with E-state index in [1.807, 2.05) is 47.7 Å². The minimum absolute atomic E-state index is 0.659. The van der Waals surface area contributed by atoms with Crippen LogP contribution in [0.3, 0.4) is 0 Å². The van der Waals surface area contributed by atoms with E-state index in [1.165, 1.54) is 58.1 Å². The second kappa shape index (κ2) is 11.4. The molecule has 52 heavy (non-hydrogen) atoms. The van der Waals surface area contributed by atoms with Gasteiger partial charge in [0.15, 0.2) is 17.5 Å². The molecule has 0 N–H and O–H groups in total. The fraction of sp³-hybridized carbons (Fsp3) is 0. The van der Waals surface area contributed by atoms with Gasteiger partial charge in [-0.15, -0.1) is 11.3 Å². The lowest BCUT2D eigenvalue weighted by molar-refractivity contribution is 1.08. The van der Waals surface area contributed by atoms with E-state index >= 15 is 0 Å². The Bertz CT molecular complexity index is 3120. The molecule has 8 aromatic carbocycles. The highest BCUT2D eigenvalue weighted by molar-refractivity contribution is 7.26. The molecule has 0 aliphatic rings. The second-order valence-electron chi connectivity index (χ2n) is 13.2. The Morgan fingerprint density at radius 1 is 0.385 bits per heavy atom. The first kappa shape index (κ1) is 29.1. The van der Waals surface area contributed by atoms with Gasteiger partial charge in [-0.05, 0) is 64.0 Å². The third-order valence-electron chi connectivity index (χ3n) is 10.2. The highest BCUT2D eigenvalue weighted by Gasteiger charge is 2.20. The van der Waals surface area contributed by atoms with E-state index in [4.69, 9.17) is 15.0 Å². The van der Waals surface area contributed by atoms with Crippen molar-refractivity contribution in [1.29, 1.82) is 0 Å². The van der Waals surface area contributed by atoms with Gasteiger partial charge < -0.3 is 4.57 Å². The van der Waals surface area contributed by atoms with Crippen LogP contribution < -0.4 is 0 Å². The average molecular weight is 681 g/mol. The van der Waals surface area contributed by atoms with Gasteiger partial charge in [-0.3, -0.25) is 0 Å². The van der Waals surface area contributed by atoms with Gasteiger partial charge in [0, 0.05) is 53.3 Å². The first-order valence-electron chi connectivity index (χ1n) is 17.4. The van der Waals surface area contributed by atoms with Crippen molar-refractivity contribution in [2.75, 3.05) is 0 Å². The molecule has 0 aliphatic carbocycles. The molecule has 0 radical (unpaired) electrons. The highest BCUT2D eigenvalue weighted by atomic mass is 32.1. The van der Waals surface area contributed by atoms with Crippen LogP contribution in [0.5, 0.6) is 0 Å². The molecule has 11 aromatic rings. The van der Waals surface area contributed by atoms with E-state index in [-0.39, 0.29) is 0 Å². The number of fused-ring (bicyclic) bond motifs is 9. The minimum Gasteiger partial charge on any atom is -0.309 e. The number of nitrogens with zero attached hydrogens (tertiary/aromatic N) is 4. The highest BCUT2D eigenvalue weighted by Crippen LogP contribution is 2.43. The number of hydrogen-bond donors (Lipinski definition) is 0. The van der Waals surface area contributed by atoms with Crippen molar-refractivity contribution >= 4 is 74.9 Å². The maximum absolute atomic E-state index is 5.13. The fourth-order valence-corrected chi connectivity index (χ4v) is 8.93. The largest absolute Gasteiger partial charge is 0.309 e. The lowest BCUT2D eigenvalue weighted by atomic mass is 10.0. The fourth-order valence-electron chi connectivity index (χ4n) is 7.82. The van der Waals surface area contributed by atoms with Gasteiger partial charge in [-0.25, -0.2) is 15.0 Å². The van der Waals surface area contributed by atoms with Gasteiger partial charge in [0.05, 0.1) is 11.0 Å². The third-order valence-corrected chi connectivity index (χ3v) is 11.3. The van der Waals surface area contributed by atoms with Crippen molar-refractivity contribution in [2.24, 2.45) is 0 Å². The van der Waals surface area contributed by atoms with Crippen LogP contribution in [0.2, 0.25) is 0 Å². The van der Waals surface area contributed by atoms with E-state index in [2.05, 4.69) is 138 Å². The normalized spacial score (nSPS) is 11.8. The van der Waals surface area contributed by atoms with E-state index < -0.39 is 0 Å². The molecule has 0 amide bonds. The lowest BCUT2D eigenvalue weighted by Crippen LogP contribution is -2.00. The summed E-state index contributed by atoms with van der Waals surface area (Å²) in [4.78, 5) is 15.2. The molecule has 0 saturated heterocycles. The summed E-state index contributed by atoms with van der Waals surface area (Å²) in [5.41, 5.74) is 6.43. The summed E-state index contributed by atoms with van der Waals surface area (Å²) >= 11 is 1.81. The molecule has 0 saturated carbocycles. The average Bonchev–Trinajstić information content (AvgIpc) is 3.75. The van der Waals surface area contributed by atoms with Crippen LogP contribution in [0.1, 0.15) is 0 Å². The summed E-state index contributed by atoms with van der Waals surface area (Å²) in [6.45, 7) is 0. The van der Waals surface area contributed by atoms with Crippen LogP contribution in [0.15, 0.2) is 170 Å². The molecule has 4 nitrogen and oxygen atoms in total. The van der Waals surface area contributed by atoms with Crippen molar-refractivity contribution in [3.8, 4) is 39.9 Å². The number of thiophene rings is 1. The first-order valence-corrected chi connectivity index (χ1v) is 18.3. The lowest BCUT2D eigenvalue weighted by Gasteiger charge is -2.11. The number of rotatable bonds is 4. The number of hydrogen-bond acceptors (Lipinski definition) is 4. The zero-order chi connectivity index (χ0) is 34.2. The smallest absolute Gasteiger partial charge is 0.164 e. The van der Waals surface area contributed by atoms with Crippen molar-refractivity contribution in [1.82, 2.24) is 19.5 Å². The molecule has 0 unspecified atom stereocenters. The van der Waals surface area contributed by atoms with Crippen LogP contribution in [-0.2, 0) is 0 Å². The Hall–Kier alpha value is -6.69. The monoisotopic (exact) mass is 680 g/mol. The minimum atomic E-state index is 0.659. The maximum atomic E-state index is 5.13. The summed E-state index contributed by atoms with van der Waals surface area (Å²) in [5, 5.41) is 9.86. The first-order chi connectivity index (χ1) is 25.8. The molecule has 3 heterocycles. The Morgan fingerprint density at radius 2 is 1.04 bits per heavy atom. The standard InChI is InChI=1S/C47H28N4S/c1-3-13-30(14-4-1)45-48-46(31-15-5-2-6-16-31)50-47(49-45)36-20-11-21-42-44(36)38-28-34(23-25-41(38)52-42)51-39-24-22-29-12-9-10-19-35(29)43(39)37-26-32-17-7-8-18-33(32)27-40(37)51/h1-28H. The van der Waals surface area contributed by atoms with Gasteiger partial charge in [0.25, 0.3) is 0 Å². The van der Waals surface area contributed by atoms with E-state index in [9.17, 15) is 0 Å². The Balaban J connectivity index is 1.19. The molecule has 5 heteroatoms. The van der Waals surface area contributed by atoms with Gasteiger partial charge in [-0.1, -0.05) is 127 Å². The van der Waals surface area contributed by atoms with Gasteiger partial charge in [-0.2, -0.15) is 0 Å². The quantitative estimate of drug-likeness (QED) is 0.186. The molecule has 242 valence electrons. The Morgan fingerprint density at radius 3 is 1.79 bits per heavy atom. The van der Waals surface area contributed by atoms with Crippen molar-refractivity contribution in [2.45, 2.75) is 0 Å². The van der Waals surface area contributed by atoms with Crippen LogP contribution >= 0.6 is 11.3 Å². The molecule has 0 aliphatic heterocycles. The summed E-state index contributed by atoms with van der Waals surface area (Å²) in [7, 11) is 0. The second-order valence-corrected chi connectivity index (χ2v) is 14.3.